The number of rotatable bonds is 8. The van der Waals surface area contributed by atoms with Gasteiger partial charge in [-0.1, -0.05) is 26.7 Å². The summed E-state index contributed by atoms with van der Waals surface area (Å²) in [7, 11) is 1.71. The molecule has 3 atom stereocenters. The van der Waals surface area contributed by atoms with Gasteiger partial charge in [0.2, 0.25) is 5.91 Å². The molecule has 0 aromatic heterocycles. The molecule has 0 radical (unpaired) electrons. The van der Waals surface area contributed by atoms with Crippen molar-refractivity contribution < 1.29 is 9.53 Å². The van der Waals surface area contributed by atoms with Crippen LogP contribution in [-0.2, 0) is 9.53 Å². The Balaban J connectivity index is 2.67. The molecule has 0 aromatic rings. The fourth-order valence-corrected chi connectivity index (χ4v) is 2.66. The van der Waals surface area contributed by atoms with Crippen LogP contribution in [0.2, 0.25) is 0 Å². The van der Waals surface area contributed by atoms with E-state index in [9.17, 15) is 4.79 Å². The molecule has 0 aliphatic carbocycles. The van der Waals surface area contributed by atoms with Crippen LogP contribution in [0.4, 0.5) is 0 Å². The first-order chi connectivity index (χ1) is 8.65. The van der Waals surface area contributed by atoms with Crippen molar-refractivity contribution >= 4 is 5.91 Å². The lowest BCUT2D eigenvalue weighted by Gasteiger charge is -2.30. The summed E-state index contributed by atoms with van der Waals surface area (Å²) in [4.78, 5) is 14.5. The SMILES string of the molecule is CCCC1NC(CCC)N(C(C)CCOC)C1=O. The lowest BCUT2D eigenvalue weighted by molar-refractivity contribution is -0.132. The minimum Gasteiger partial charge on any atom is -0.385 e. The van der Waals surface area contributed by atoms with E-state index in [-0.39, 0.29) is 24.2 Å². The topological polar surface area (TPSA) is 41.6 Å². The third kappa shape index (κ3) is 3.69. The Morgan fingerprint density at radius 2 is 2.00 bits per heavy atom. The van der Waals surface area contributed by atoms with Crippen LogP contribution < -0.4 is 5.32 Å². The van der Waals surface area contributed by atoms with Crippen molar-refractivity contribution in [3.05, 3.63) is 0 Å². The molecule has 0 saturated carbocycles. The van der Waals surface area contributed by atoms with Gasteiger partial charge in [0.15, 0.2) is 0 Å². The van der Waals surface area contributed by atoms with Gasteiger partial charge in [0.25, 0.3) is 0 Å². The molecule has 3 unspecified atom stereocenters. The summed E-state index contributed by atoms with van der Waals surface area (Å²) in [6.45, 7) is 7.12. The molecule has 4 nitrogen and oxygen atoms in total. The summed E-state index contributed by atoms with van der Waals surface area (Å²) in [5.74, 6) is 0.277. The van der Waals surface area contributed by atoms with E-state index in [1.807, 2.05) is 4.90 Å². The molecule has 1 N–H and O–H groups in total. The number of carbonyl (C=O) groups is 1. The zero-order chi connectivity index (χ0) is 13.5. The third-order valence-electron chi connectivity index (χ3n) is 3.64. The zero-order valence-electron chi connectivity index (χ0n) is 12.2. The van der Waals surface area contributed by atoms with E-state index in [0.717, 1.165) is 32.1 Å². The predicted octanol–water partition coefficient (Wildman–Crippen LogP) is 2.14. The van der Waals surface area contributed by atoms with Gasteiger partial charge >= 0.3 is 0 Å². The van der Waals surface area contributed by atoms with E-state index in [2.05, 4.69) is 26.1 Å². The first-order valence-corrected chi connectivity index (χ1v) is 7.22. The standard InChI is InChI=1S/C14H28N2O2/c1-5-7-12-14(17)16(11(3)9-10-18-4)13(15-12)8-6-2/h11-13,15H,5-10H2,1-4H3. The summed E-state index contributed by atoms with van der Waals surface area (Å²) in [5.41, 5.74) is 0. The molecule has 1 rings (SSSR count). The lowest BCUT2D eigenvalue weighted by Crippen LogP contribution is -2.43. The van der Waals surface area contributed by atoms with Crippen LogP contribution in [0.15, 0.2) is 0 Å². The van der Waals surface area contributed by atoms with E-state index in [0.29, 0.717) is 6.61 Å². The number of methoxy groups -OCH3 is 1. The zero-order valence-corrected chi connectivity index (χ0v) is 12.2. The number of hydrogen-bond acceptors (Lipinski definition) is 3. The Bertz CT molecular complexity index is 258. The molecule has 1 saturated heterocycles. The van der Waals surface area contributed by atoms with Crippen LogP contribution in [-0.4, -0.2) is 42.8 Å². The van der Waals surface area contributed by atoms with Crippen molar-refractivity contribution in [1.82, 2.24) is 10.2 Å². The summed E-state index contributed by atoms with van der Waals surface area (Å²) in [6, 6.07) is 0.278. The largest absolute Gasteiger partial charge is 0.385 e. The average Bonchev–Trinajstić information content (AvgIpc) is 2.64. The third-order valence-corrected chi connectivity index (χ3v) is 3.64. The second kappa shape index (κ2) is 7.74. The highest BCUT2D eigenvalue weighted by atomic mass is 16.5. The van der Waals surface area contributed by atoms with Gasteiger partial charge in [-0.3, -0.25) is 10.1 Å². The van der Waals surface area contributed by atoms with Crippen molar-refractivity contribution in [2.45, 2.75) is 71.1 Å². The van der Waals surface area contributed by atoms with Gasteiger partial charge in [-0.15, -0.1) is 0 Å². The molecular weight excluding hydrogens is 228 g/mol. The molecule has 0 spiro atoms. The quantitative estimate of drug-likeness (QED) is 0.723. The molecule has 1 amide bonds. The van der Waals surface area contributed by atoms with Crippen LogP contribution in [0.5, 0.6) is 0 Å². The Labute approximate surface area is 111 Å². The highest BCUT2D eigenvalue weighted by Gasteiger charge is 2.39. The van der Waals surface area contributed by atoms with E-state index in [1.165, 1.54) is 0 Å². The van der Waals surface area contributed by atoms with Crippen molar-refractivity contribution in [2.75, 3.05) is 13.7 Å². The molecule has 106 valence electrons. The smallest absolute Gasteiger partial charge is 0.241 e. The molecule has 0 bridgehead atoms. The van der Waals surface area contributed by atoms with E-state index < -0.39 is 0 Å². The summed E-state index contributed by atoms with van der Waals surface area (Å²) in [5, 5.41) is 3.49. The van der Waals surface area contributed by atoms with E-state index in [1.54, 1.807) is 7.11 Å². The maximum atomic E-state index is 12.4. The first kappa shape index (κ1) is 15.4. The van der Waals surface area contributed by atoms with Crippen LogP contribution in [0.1, 0.15) is 52.9 Å². The van der Waals surface area contributed by atoms with Gasteiger partial charge in [0, 0.05) is 19.8 Å². The van der Waals surface area contributed by atoms with Crippen molar-refractivity contribution in [3.63, 3.8) is 0 Å². The second-order valence-electron chi connectivity index (χ2n) is 5.19. The summed E-state index contributed by atoms with van der Waals surface area (Å²) >= 11 is 0. The fourth-order valence-electron chi connectivity index (χ4n) is 2.66. The normalized spacial score (nSPS) is 25.8. The van der Waals surface area contributed by atoms with Gasteiger partial charge in [-0.05, 0) is 26.2 Å². The maximum Gasteiger partial charge on any atom is 0.241 e. The van der Waals surface area contributed by atoms with Crippen LogP contribution >= 0.6 is 0 Å². The van der Waals surface area contributed by atoms with Gasteiger partial charge < -0.3 is 9.64 Å². The second-order valence-corrected chi connectivity index (χ2v) is 5.19. The van der Waals surface area contributed by atoms with Crippen LogP contribution in [0, 0.1) is 0 Å². The minimum absolute atomic E-state index is 0.0246. The molecule has 1 heterocycles. The van der Waals surface area contributed by atoms with Gasteiger partial charge in [-0.2, -0.15) is 0 Å². The number of nitrogens with one attached hydrogen (secondary N) is 1. The number of hydrogen-bond donors (Lipinski definition) is 1. The molecule has 1 aliphatic heterocycles. The molecular formula is C14H28N2O2. The summed E-state index contributed by atoms with van der Waals surface area (Å²) < 4.78 is 5.12. The van der Waals surface area contributed by atoms with Crippen molar-refractivity contribution in [1.29, 1.82) is 0 Å². The Morgan fingerprint density at radius 3 is 2.56 bits per heavy atom. The van der Waals surface area contributed by atoms with Crippen molar-refractivity contribution in [3.8, 4) is 0 Å². The maximum absolute atomic E-state index is 12.4. The number of amides is 1. The van der Waals surface area contributed by atoms with Gasteiger partial charge in [-0.25, -0.2) is 0 Å². The highest BCUT2D eigenvalue weighted by molar-refractivity contribution is 5.84. The molecule has 18 heavy (non-hydrogen) atoms. The highest BCUT2D eigenvalue weighted by Crippen LogP contribution is 2.22. The van der Waals surface area contributed by atoms with Crippen LogP contribution in [0.25, 0.3) is 0 Å². The van der Waals surface area contributed by atoms with E-state index >= 15 is 0 Å². The minimum atomic E-state index is 0.0246. The molecule has 1 fully saturated rings. The average molecular weight is 256 g/mol. The fraction of sp³-hybridized carbons (Fsp3) is 0.929. The Morgan fingerprint density at radius 1 is 1.33 bits per heavy atom. The molecule has 4 heteroatoms. The monoisotopic (exact) mass is 256 g/mol. The molecule has 1 aliphatic rings. The van der Waals surface area contributed by atoms with Gasteiger partial charge in [0.1, 0.15) is 0 Å². The molecule has 0 aromatic carbocycles. The Hall–Kier alpha value is -0.610. The van der Waals surface area contributed by atoms with Crippen molar-refractivity contribution in [2.24, 2.45) is 0 Å². The van der Waals surface area contributed by atoms with Gasteiger partial charge in [0.05, 0.1) is 12.2 Å². The first-order valence-electron chi connectivity index (χ1n) is 7.22. The predicted molar refractivity (Wildman–Crippen MR) is 73.3 cm³/mol. The Kier molecular flexibility index (Phi) is 6.65. The lowest BCUT2D eigenvalue weighted by atomic mass is 10.1. The number of nitrogens with zero attached hydrogens (tertiary/aromatic N) is 1. The number of ether oxygens (including phenoxy) is 1. The van der Waals surface area contributed by atoms with Crippen LogP contribution in [0.3, 0.4) is 0 Å². The number of carbonyl (C=O) groups excluding carboxylic acids is 1. The van der Waals surface area contributed by atoms with E-state index in [4.69, 9.17) is 4.74 Å². The summed E-state index contributed by atoms with van der Waals surface area (Å²) in [6.07, 6.45) is 5.23.